The number of nitrogens with zero attached hydrogens (tertiary/aromatic N) is 1. The van der Waals surface area contributed by atoms with Gasteiger partial charge in [0.25, 0.3) is 0 Å². The molecule has 4 atom stereocenters. The molecule has 0 aromatic heterocycles. The third-order valence-electron chi connectivity index (χ3n) is 6.96. The van der Waals surface area contributed by atoms with E-state index in [1.807, 2.05) is 58.0 Å². The summed E-state index contributed by atoms with van der Waals surface area (Å²) in [5, 5.41) is 11.5. The van der Waals surface area contributed by atoms with Gasteiger partial charge >= 0.3 is 6.18 Å². The van der Waals surface area contributed by atoms with Crippen LogP contribution in [0.3, 0.4) is 0 Å². The third kappa shape index (κ3) is 6.72. The van der Waals surface area contributed by atoms with E-state index in [0.29, 0.717) is 5.56 Å². The second-order valence-corrected chi connectivity index (χ2v) is 13.0. The number of alkyl halides is 3. The summed E-state index contributed by atoms with van der Waals surface area (Å²) in [6.07, 6.45) is -6.33. The molecule has 210 valence electrons. The van der Waals surface area contributed by atoms with E-state index in [0.717, 1.165) is 23.3 Å². The zero-order chi connectivity index (χ0) is 28.6. The molecule has 1 N–H and O–H groups in total. The van der Waals surface area contributed by atoms with Gasteiger partial charge in [-0.25, -0.2) is 8.42 Å². The molecular weight excluding hydrogens is 527 g/mol. The Kier molecular flexibility index (Phi) is 8.28. The molecule has 1 aliphatic rings. The van der Waals surface area contributed by atoms with Gasteiger partial charge in [-0.1, -0.05) is 60.2 Å². The second kappa shape index (κ2) is 11.0. The lowest BCUT2D eigenvalue weighted by molar-refractivity contribution is -0.137. The Morgan fingerprint density at radius 3 is 2.03 bits per heavy atom. The summed E-state index contributed by atoms with van der Waals surface area (Å²) in [4.78, 5) is 0.111. The van der Waals surface area contributed by atoms with Crippen molar-refractivity contribution in [1.29, 1.82) is 0 Å². The molecule has 5 nitrogen and oxygen atoms in total. The fourth-order valence-corrected chi connectivity index (χ4v) is 6.66. The van der Waals surface area contributed by atoms with E-state index < -0.39 is 51.4 Å². The van der Waals surface area contributed by atoms with E-state index in [9.17, 15) is 26.7 Å². The van der Waals surface area contributed by atoms with Gasteiger partial charge in [-0.15, -0.1) is 0 Å². The van der Waals surface area contributed by atoms with E-state index in [1.165, 1.54) is 28.6 Å². The molecule has 1 fully saturated rings. The Morgan fingerprint density at radius 2 is 1.49 bits per heavy atom. The van der Waals surface area contributed by atoms with Crippen molar-refractivity contribution in [3.63, 3.8) is 0 Å². The zero-order valence-electron chi connectivity index (χ0n) is 22.4. The molecule has 1 saturated heterocycles. The third-order valence-corrected chi connectivity index (χ3v) is 8.81. The van der Waals surface area contributed by atoms with Gasteiger partial charge in [0, 0.05) is 24.9 Å². The first-order valence-electron chi connectivity index (χ1n) is 12.8. The lowest BCUT2D eigenvalue weighted by Gasteiger charge is -2.46. The number of hydrogen-bond donors (Lipinski definition) is 1. The van der Waals surface area contributed by atoms with Crippen LogP contribution in [0.4, 0.5) is 13.2 Å². The highest BCUT2D eigenvalue weighted by molar-refractivity contribution is 7.89. The normalized spacial score (nSPS) is 22.0. The highest BCUT2D eigenvalue weighted by Gasteiger charge is 2.46. The molecule has 0 bridgehead atoms. The fraction of sp³-hybridized carbons (Fsp3) is 0.400. The van der Waals surface area contributed by atoms with Crippen LogP contribution in [0.5, 0.6) is 0 Å². The number of rotatable bonds is 6. The molecule has 0 aliphatic carbocycles. The first-order chi connectivity index (χ1) is 18.2. The number of ether oxygens (including phenoxy) is 1. The van der Waals surface area contributed by atoms with Crippen LogP contribution in [0, 0.1) is 12.8 Å². The van der Waals surface area contributed by atoms with Crippen LogP contribution >= 0.6 is 0 Å². The van der Waals surface area contributed by atoms with Crippen LogP contribution in [-0.2, 0) is 20.9 Å². The average Bonchev–Trinajstić information content (AvgIpc) is 2.86. The molecule has 39 heavy (non-hydrogen) atoms. The Morgan fingerprint density at radius 1 is 0.897 bits per heavy atom. The van der Waals surface area contributed by atoms with Gasteiger partial charge in [0.15, 0.2) is 0 Å². The number of piperidine rings is 1. The van der Waals surface area contributed by atoms with Gasteiger partial charge in [0.05, 0.1) is 28.3 Å². The van der Waals surface area contributed by atoms with Gasteiger partial charge in [0.1, 0.15) is 0 Å². The molecule has 3 aromatic rings. The van der Waals surface area contributed by atoms with Crippen molar-refractivity contribution in [2.24, 2.45) is 5.92 Å². The lowest BCUT2D eigenvalue weighted by atomic mass is 9.74. The number of aliphatic hydroxyl groups excluding tert-OH is 1. The zero-order valence-corrected chi connectivity index (χ0v) is 23.2. The average molecular weight is 562 g/mol. The maximum absolute atomic E-state index is 13.7. The minimum Gasteiger partial charge on any atom is -0.391 e. The molecule has 9 heteroatoms. The van der Waals surface area contributed by atoms with Crippen LogP contribution in [0.25, 0.3) is 0 Å². The minimum absolute atomic E-state index is 0.00853. The molecule has 1 aliphatic heterocycles. The Hall–Kier alpha value is -2.72. The molecule has 0 saturated carbocycles. The van der Waals surface area contributed by atoms with Crippen molar-refractivity contribution in [2.75, 3.05) is 13.1 Å². The maximum Gasteiger partial charge on any atom is 0.416 e. The summed E-state index contributed by atoms with van der Waals surface area (Å²) in [6.45, 7) is 7.33. The maximum atomic E-state index is 13.7. The van der Waals surface area contributed by atoms with Crippen molar-refractivity contribution < 1.29 is 31.4 Å². The summed E-state index contributed by atoms with van der Waals surface area (Å²) < 4.78 is 75.0. The molecule has 0 amide bonds. The van der Waals surface area contributed by atoms with E-state index in [2.05, 4.69) is 0 Å². The monoisotopic (exact) mass is 561 g/mol. The molecule has 3 aromatic carbocycles. The Labute approximate surface area is 228 Å². The summed E-state index contributed by atoms with van der Waals surface area (Å²) >= 11 is 0. The summed E-state index contributed by atoms with van der Waals surface area (Å²) in [5.74, 6) is -1.28. The van der Waals surface area contributed by atoms with E-state index in [4.69, 9.17) is 4.74 Å². The summed E-state index contributed by atoms with van der Waals surface area (Å²) in [5.41, 5.74) is 0.772. The first kappa shape index (κ1) is 29.3. The van der Waals surface area contributed by atoms with Crippen LogP contribution in [-0.4, -0.2) is 42.6 Å². The molecule has 4 rings (SSSR count). The quantitative estimate of drug-likeness (QED) is 0.382. The summed E-state index contributed by atoms with van der Waals surface area (Å²) in [6, 6.07) is 20.5. The number of aliphatic hydroxyl groups is 1. The molecule has 0 spiro atoms. The summed E-state index contributed by atoms with van der Waals surface area (Å²) in [7, 11) is -3.97. The van der Waals surface area contributed by atoms with Gasteiger partial charge in [-0.2, -0.15) is 17.5 Å². The smallest absolute Gasteiger partial charge is 0.391 e. The minimum atomic E-state index is -4.50. The number of aryl methyl sites for hydroxylation is 1. The van der Waals surface area contributed by atoms with Crippen molar-refractivity contribution in [3.05, 3.63) is 101 Å². The number of hydrogen-bond acceptors (Lipinski definition) is 4. The van der Waals surface area contributed by atoms with Crippen molar-refractivity contribution in [1.82, 2.24) is 4.31 Å². The molecule has 1 unspecified atom stereocenters. The van der Waals surface area contributed by atoms with Gasteiger partial charge < -0.3 is 9.84 Å². The largest absolute Gasteiger partial charge is 0.416 e. The predicted octanol–water partition coefficient (Wildman–Crippen LogP) is 6.34. The number of β-amino-alcohol motifs (C(OH)–C–C–N with tert-alkyl or cyclic N) is 1. The fourth-order valence-electron chi connectivity index (χ4n) is 5.16. The van der Waals surface area contributed by atoms with Crippen LogP contribution in [0.2, 0.25) is 0 Å². The lowest BCUT2D eigenvalue weighted by Crippen LogP contribution is -2.52. The highest BCUT2D eigenvalue weighted by atomic mass is 32.2. The van der Waals surface area contributed by atoms with Crippen molar-refractivity contribution in [2.45, 2.75) is 62.5 Å². The van der Waals surface area contributed by atoms with Gasteiger partial charge in [0.2, 0.25) is 10.0 Å². The van der Waals surface area contributed by atoms with Crippen LogP contribution in [0.15, 0.2) is 83.8 Å². The number of sulfonamides is 1. The first-order valence-corrected chi connectivity index (χ1v) is 14.3. The van der Waals surface area contributed by atoms with Gasteiger partial charge in [-0.05, 0) is 63.1 Å². The number of benzene rings is 3. The van der Waals surface area contributed by atoms with E-state index in [1.54, 1.807) is 12.1 Å². The highest BCUT2D eigenvalue weighted by Crippen LogP contribution is 2.45. The van der Waals surface area contributed by atoms with Crippen LogP contribution < -0.4 is 0 Å². The number of halogens is 3. The van der Waals surface area contributed by atoms with E-state index >= 15 is 0 Å². The molecule has 1 heterocycles. The topological polar surface area (TPSA) is 66.8 Å². The standard InChI is InChI=1S/C30H34F3NO4S/c1-20-10-16-24(17-11-20)39(36,37)34-18-25(28(38-29(2,3)4)22-8-6-5-7-9-22)27(26(35)19-34)21-12-14-23(15-13-21)30(31,32)33/h5-17,25-28,35H,18-19H2,1-4H3/t25?,26-,27-,28+/m0/s1. The molecule has 0 radical (unpaired) electrons. The molecular formula is C30H34F3NO4S. The van der Waals surface area contributed by atoms with E-state index in [-0.39, 0.29) is 18.0 Å². The predicted molar refractivity (Wildman–Crippen MR) is 144 cm³/mol. The Balaban J connectivity index is 1.81. The second-order valence-electron chi connectivity index (χ2n) is 11.1. The van der Waals surface area contributed by atoms with Crippen molar-refractivity contribution in [3.8, 4) is 0 Å². The Bertz CT molecular complexity index is 1350. The van der Waals surface area contributed by atoms with Crippen LogP contribution in [0.1, 0.15) is 55.0 Å². The van der Waals surface area contributed by atoms with Crippen molar-refractivity contribution >= 4 is 10.0 Å². The van der Waals surface area contributed by atoms with Gasteiger partial charge in [-0.3, -0.25) is 0 Å². The SMILES string of the molecule is Cc1ccc(S(=O)(=O)N2CC([C@H](OC(C)(C)C)c3ccccc3)[C@H](c3ccc(C(F)(F)F)cc3)[C@@H](O)C2)cc1.